The molecule has 0 unspecified atom stereocenters. The number of terminal acetylenes is 1. The number of imidazole rings is 1. The predicted molar refractivity (Wildman–Crippen MR) is 145 cm³/mol. The van der Waals surface area contributed by atoms with E-state index >= 15 is 0 Å². The van der Waals surface area contributed by atoms with Crippen LogP contribution in [0.4, 0.5) is 17.3 Å². The molecule has 172 valence electrons. The van der Waals surface area contributed by atoms with Crippen molar-refractivity contribution in [2.75, 3.05) is 22.5 Å². The molecule has 2 aromatic heterocycles. The van der Waals surface area contributed by atoms with Gasteiger partial charge in [-0.3, -0.25) is 4.57 Å². The molecule has 0 aliphatic carbocycles. The van der Waals surface area contributed by atoms with E-state index in [1.165, 1.54) is 0 Å². The maximum atomic E-state index is 5.92. The smallest absolute Gasteiger partial charge is 0.224 e. The third-order valence-electron chi connectivity index (χ3n) is 4.56. The molecule has 9 heteroatoms. The van der Waals surface area contributed by atoms with Crippen LogP contribution in [0.2, 0.25) is 5.02 Å². The molecule has 0 atom stereocenters. The Kier molecular flexibility index (Phi) is 8.97. The van der Waals surface area contributed by atoms with Gasteiger partial charge in [-0.05, 0) is 73.2 Å². The van der Waals surface area contributed by atoms with Crippen LogP contribution in [0.25, 0.3) is 17.2 Å². The van der Waals surface area contributed by atoms with Crippen molar-refractivity contribution < 1.29 is 0 Å². The molecule has 0 bridgehead atoms. The van der Waals surface area contributed by atoms with Crippen LogP contribution >= 0.6 is 23.8 Å². The molecule has 34 heavy (non-hydrogen) atoms. The molecule has 0 saturated carbocycles. The van der Waals surface area contributed by atoms with Crippen LogP contribution in [-0.4, -0.2) is 31.2 Å². The topological polar surface area (TPSA) is 79.7 Å². The lowest BCUT2D eigenvalue weighted by atomic mass is 10.2. The van der Waals surface area contributed by atoms with Crippen molar-refractivity contribution in [3.05, 3.63) is 78.2 Å². The van der Waals surface area contributed by atoms with Gasteiger partial charge in [0.25, 0.3) is 0 Å². The first-order valence-corrected chi connectivity index (χ1v) is 11.3. The van der Waals surface area contributed by atoms with Crippen LogP contribution in [0.3, 0.4) is 0 Å². The molecule has 7 nitrogen and oxygen atoms in total. The van der Waals surface area contributed by atoms with Gasteiger partial charge in [-0.25, -0.2) is 9.97 Å². The lowest BCUT2D eigenvalue weighted by Crippen LogP contribution is -2.18. The van der Waals surface area contributed by atoms with Crippen LogP contribution in [0.5, 0.6) is 0 Å². The van der Waals surface area contributed by atoms with Crippen LogP contribution in [-0.2, 0) is 0 Å². The number of nitrogens with zero attached hydrogens (tertiary/aromatic N) is 4. The number of hydrogen-bond donors (Lipinski definition) is 3. The fraction of sp³-hybridized carbons (Fsp3) is 0.120. The average molecular weight is 490 g/mol. The van der Waals surface area contributed by atoms with Crippen molar-refractivity contribution in [1.29, 1.82) is 0 Å². The summed E-state index contributed by atoms with van der Waals surface area (Å²) in [7, 11) is 0. The Bertz CT molecular complexity index is 1230. The van der Waals surface area contributed by atoms with Gasteiger partial charge in [-0.1, -0.05) is 18.5 Å². The lowest BCUT2D eigenvalue weighted by molar-refractivity contribution is 0.930. The van der Waals surface area contributed by atoms with E-state index < -0.39 is 0 Å². The minimum absolute atomic E-state index is 0.495. The van der Waals surface area contributed by atoms with E-state index in [4.69, 9.17) is 23.8 Å². The summed E-state index contributed by atoms with van der Waals surface area (Å²) in [5, 5.41) is 10.7. The molecule has 2 heterocycles. The SMILES string of the molecule is C#C.CCCNc1nccc(-n2ccnc2-c2ccc(NC(=S)Nc3ccc(Cl)cc3)cc2)n1. The molecule has 0 spiro atoms. The number of nitrogens with one attached hydrogen (secondary N) is 3. The molecule has 0 saturated heterocycles. The highest BCUT2D eigenvalue weighted by Crippen LogP contribution is 2.23. The fourth-order valence-electron chi connectivity index (χ4n) is 3.04. The first kappa shape index (κ1) is 24.7. The average Bonchev–Trinajstić information content (AvgIpc) is 3.36. The van der Waals surface area contributed by atoms with E-state index in [9.17, 15) is 0 Å². The standard InChI is InChI=1S/C23H22ClN7S.C2H2/c1-2-12-26-22-27-13-11-20(30-22)31-15-14-25-21(31)16-3-7-18(8-4-16)28-23(32)29-19-9-5-17(24)6-10-19;1-2/h3-11,13-15H,2,12H2,1H3,(H,26,27,30)(H2,28,29,32);1-2H. The third kappa shape index (κ3) is 6.54. The highest BCUT2D eigenvalue weighted by molar-refractivity contribution is 7.80. The number of rotatable bonds is 7. The van der Waals surface area contributed by atoms with Gasteiger partial charge in [0.2, 0.25) is 5.95 Å². The van der Waals surface area contributed by atoms with Crippen LogP contribution in [0, 0.1) is 12.8 Å². The number of thiocarbonyl (C=S) groups is 1. The maximum Gasteiger partial charge on any atom is 0.224 e. The maximum absolute atomic E-state index is 5.92. The van der Waals surface area contributed by atoms with Crippen molar-refractivity contribution in [1.82, 2.24) is 19.5 Å². The first-order chi connectivity index (χ1) is 16.6. The zero-order valence-electron chi connectivity index (χ0n) is 18.6. The number of aromatic nitrogens is 4. The largest absolute Gasteiger partial charge is 0.354 e. The summed E-state index contributed by atoms with van der Waals surface area (Å²) in [5.41, 5.74) is 2.69. The number of hydrogen-bond acceptors (Lipinski definition) is 5. The molecule has 0 aliphatic rings. The summed E-state index contributed by atoms with van der Waals surface area (Å²) >= 11 is 11.3. The van der Waals surface area contributed by atoms with E-state index in [1.54, 1.807) is 12.4 Å². The predicted octanol–water partition coefficient (Wildman–Crippen LogP) is 5.86. The molecule has 3 N–H and O–H groups in total. The van der Waals surface area contributed by atoms with E-state index in [2.05, 4.69) is 50.7 Å². The number of anilines is 3. The second-order valence-electron chi connectivity index (χ2n) is 6.95. The second-order valence-corrected chi connectivity index (χ2v) is 7.79. The second kappa shape index (κ2) is 12.3. The minimum atomic E-state index is 0.495. The van der Waals surface area contributed by atoms with Crippen LogP contribution in [0.15, 0.2) is 73.2 Å². The Labute approximate surface area is 209 Å². The van der Waals surface area contributed by atoms with Crippen molar-refractivity contribution in [2.24, 2.45) is 0 Å². The molecular formula is C25H24ClN7S. The molecule has 0 radical (unpaired) electrons. The van der Waals surface area contributed by atoms with Gasteiger partial charge in [-0.15, -0.1) is 12.8 Å². The highest BCUT2D eigenvalue weighted by Gasteiger charge is 2.10. The quantitative estimate of drug-likeness (QED) is 0.221. The minimum Gasteiger partial charge on any atom is -0.354 e. The van der Waals surface area contributed by atoms with E-state index in [-0.39, 0.29) is 0 Å². The molecule has 2 aromatic carbocycles. The zero-order valence-corrected chi connectivity index (χ0v) is 20.1. The van der Waals surface area contributed by atoms with Crippen molar-refractivity contribution in [3.63, 3.8) is 0 Å². The van der Waals surface area contributed by atoms with Crippen molar-refractivity contribution in [3.8, 4) is 30.1 Å². The summed E-state index contributed by atoms with van der Waals surface area (Å²) < 4.78 is 1.94. The monoisotopic (exact) mass is 489 g/mol. The third-order valence-corrected chi connectivity index (χ3v) is 5.02. The van der Waals surface area contributed by atoms with Gasteiger partial charge in [0.15, 0.2) is 5.11 Å². The zero-order chi connectivity index (χ0) is 24.3. The first-order valence-electron chi connectivity index (χ1n) is 10.5. The Morgan fingerprint density at radius 1 is 0.941 bits per heavy atom. The molecule has 4 rings (SSSR count). The Morgan fingerprint density at radius 3 is 2.24 bits per heavy atom. The van der Waals surface area contributed by atoms with Gasteiger partial charge in [-0.2, -0.15) is 4.98 Å². The summed E-state index contributed by atoms with van der Waals surface area (Å²) in [4.78, 5) is 13.4. The number of halogens is 1. The van der Waals surface area contributed by atoms with Crippen molar-refractivity contribution in [2.45, 2.75) is 13.3 Å². The lowest BCUT2D eigenvalue weighted by Gasteiger charge is -2.12. The summed E-state index contributed by atoms with van der Waals surface area (Å²) in [6, 6.07) is 17.1. The van der Waals surface area contributed by atoms with Gasteiger partial charge >= 0.3 is 0 Å². The van der Waals surface area contributed by atoms with Crippen molar-refractivity contribution >= 4 is 46.3 Å². The Hall–Kier alpha value is -3.93. The Balaban J connectivity index is 0.00000158. The highest BCUT2D eigenvalue weighted by atomic mass is 35.5. The summed E-state index contributed by atoms with van der Waals surface area (Å²) in [5.74, 6) is 2.14. The summed E-state index contributed by atoms with van der Waals surface area (Å²) in [6.07, 6.45) is 14.4. The van der Waals surface area contributed by atoms with E-state index in [0.717, 1.165) is 41.5 Å². The van der Waals surface area contributed by atoms with Crippen LogP contribution < -0.4 is 16.0 Å². The van der Waals surface area contributed by atoms with Gasteiger partial charge < -0.3 is 16.0 Å². The van der Waals surface area contributed by atoms with Gasteiger partial charge in [0.1, 0.15) is 11.6 Å². The summed E-state index contributed by atoms with van der Waals surface area (Å²) in [6.45, 7) is 2.92. The normalized spacial score (nSPS) is 10.0. The van der Waals surface area contributed by atoms with Gasteiger partial charge in [0, 0.05) is 47.1 Å². The molecule has 4 aromatic rings. The van der Waals surface area contributed by atoms with E-state index in [0.29, 0.717) is 16.1 Å². The molecule has 0 aliphatic heterocycles. The number of benzene rings is 2. The molecule has 0 amide bonds. The molecule has 0 fully saturated rings. The van der Waals surface area contributed by atoms with E-state index in [1.807, 2.05) is 65.4 Å². The molecular weight excluding hydrogens is 466 g/mol. The fourth-order valence-corrected chi connectivity index (χ4v) is 3.40. The Morgan fingerprint density at radius 2 is 1.59 bits per heavy atom. The van der Waals surface area contributed by atoms with Gasteiger partial charge in [0.05, 0.1) is 0 Å². The van der Waals surface area contributed by atoms with Crippen LogP contribution in [0.1, 0.15) is 13.3 Å².